The number of hydrogen-bond donors (Lipinski definition) is 1. The molecule has 0 aliphatic rings. The highest BCUT2D eigenvalue weighted by Gasteiger charge is 2.22. The van der Waals surface area contributed by atoms with Crippen molar-refractivity contribution >= 4 is 23.4 Å². The summed E-state index contributed by atoms with van der Waals surface area (Å²) in [6.07, 6.45) is 1.66. The van der Waals surface area contributed by atoms with E-state index in [9.17, 15) is 9.59 Å². The number of carbonyl (C=O) groups is 1. The van der Waals surface area contributed by atoms with Crippen LogP contribution in [0.1, 0.15) is 30.7 Å². The Morgan fingerprint density at radius 2 is 1.71 bits per heavy atom. The number of tetrazole rings is 1. The number of para-hydroxylation sites is 2. The minimum atomic E-state index is -0.241. The second-order valence-electron chi connectivity index (χ2n) is 7.78. The molecule has 0 spiro atoms. The van der Waals surface area contributed by atoms with Gasteiger partial charge in [0.25, 0.3) is 5.56 Å². The Labute approximate surface area is 201 Å². The number of anilines is 1. The average Bonchev–Trinajstić information content (AvgIpc) is 3.39. The second-order valence-corrected chi connectivity index (χ2v) is 8.72. The maximum absolute atomic E-state index is 13.3. The van der Waals surface area contributed by atoms with Gasteiger partial charge in [0.1, 0.15) is 0 Å². The summed E-state index contributed by atoms with van der Waals surface area (Å²) in [5.41, 5.74) is 4.64. The van der Waals surface area contributed by atoms with Crippen LogP contribution in [0.15, 0.2) is 58.5 Å². The minimum absolute atomic E-state index is 0.111. The largest absolute Gasteiger partial charge is 0.325 e. The lowest BCUT2D eigenvalue weighted by Crippen LogP contribution is -2.22. The fourth-order valence-corrected chi connectivity index (χ4v) is 4.59. The number of aromatic nitrogens is 6. The zero-order valence-electron chi connectivity index (χ0n) is 19.6. The molecule has 0 unspecified atom stereocenters. The molecule has 0 aliphatic heterocycles. The Kier molecular flexibility index (Phi) is 6.97. The normalized spacial score (nSPS) is 11.1. The maximum Gasteiger partial charge on any atom is 0.297 e. The Morgan fingerprint density at radius 1 is 1.03 bits per heavy atom. The molecule has 0 atom stereocenters. The van der Waals surface area contributed by atoms with Crippen LogP contribution in [-0.4, -0.2) is 41.2 Å². The van der Waals surface area contributed by atoms with Crippen molar-refractivity contribution in [1.29, 1.82) is 0 Å². The van der Waals surface area contributed by atoms with E-state index in [4.69, 9.17) is 0 Å². The third-order valence-electron chi connectivity index (χ3n) is 5.77. The number of rotatable bonds is 8. The average molecular weight is 478 g/mol. The fourth-order valence-electron chi connectivity index (χ4n) is 3.92. The van der Waals surface area contributed by atoms with E-state index in [0.29, 0.717) is 16.5 Å². The molecule has 0 saturated heterocycles. The van der Waals surface area contributed by atoms with Gasteiger partial charge in [0, 0.05) is 12.7 Å². The van der Waals surface area contributed by atoms with Crippen LogP contribution >= 0.6 is 11.8 Å². The van der Waals surface area contributed by atoms with E-state index >= 15 is 0 Å². The van der Waals surface area contributed by atoms with E-state index in [-0.39, 0.29) is 17.2 Å². The van der Waals surface area contributed by atoms with Crippen molar-refractivity contribution in [3.05, 3.63) is 75.7 Å². The molecule has 0 aliphatic carbocycles. The molecule has 34 heavy (non-hydrogen) atoms. The Bertz CT molecular complexity index is 1350. The molecule has 2 heterocycles. The van der Waals surface area contributed by atoms with Crippen LogP contribution in [0.2, 0.25) is 0 Å². The molecule has 0 fully saturated rings. The number of amides is 1. The lowest BCUT2D eigenvalue weighted by molar-refractivity contribution is -0.113. The number of carbonyl (C=O) groups excluding carboxylic acids is 1. The monoisotopic (exact) mass is 477 g/mol. The van der Waals surface area contributed by atoms with Gasteiger partial charge in [0.05, 0.1) is 17.1 Å². The Hall–Kier alpha value is -3.66. The first-order chi connectivity index (χ1) is 16.5. The van der Waals surface area contributed by atoms with E-state index < -0.39 is 0 Å². The van der Waals surface area contributed by atoms with E-state index in [1.54, 1.807) is 9.36 Å². The van der Waals surface area contributed by atoms with Gasteiger partial charge in [0.2, 0.25) is 11.1 Å². The third kappa shape index (κ3) is 4.41. The van der Waals surface area contributed by atoms with Crippen LogP contribution in [0.3, 0.4) is 0 Å². The van der Waals surface area contributed by atoms with Crippen molar-refractivity contribution in [2.45, 2.75) is 38.8 Å². The van der Waals surface area contributed by atoms with Crippen LogP contribution in [-0.2, 0) is 24.7 Å². The molecular weight excluding hydrogens is 450 g/mol. The summed E-state index contributed by atoms with van der Waals surface area (Å²) >= 11 is 1.19. The van der Waals surface area contributed by atoms with Crippen LogP contribution in [0.25, 0.3) is 11.4 Å². The van der Waals surface area contributed by atoms with Crippen LogP contribution < -0.4 is 10.9 Å². The summed E-state index contributed by atoms with van der Waals surface area (Å²) in [7, 11) is 1.81. The summed E-state index contributed by atoms with van der Waals surface area (Å²) in [5, 5.41) is 15.3. The first kappa shape index (κ1) is 23.5. The van der Waals surface area contributed by atoms with Crippen molar-refractivity contribution in [3.63, 3.8) is 0 Å². The molecule has 0 bridgehead atoms. The van der Waals surface area contributed by atoms with Gasteiger partial charge in [-0.3, -0.25) is 14.3 Å². The summed E-state index contributed by atoms with van der Waals surface area (Å²) < 4.78 is 4.75. The highest BCUT2D eigenvalue weighted by molar-refractivity contribution is 7.99. The highest BCUT2D eigenvalue weighted by atomic mass is 32.2. The molecule has 2 aromatic heterocycles. The smallest absolute Gasteiger partial charge is 0.297 e. The topological polar surface area (TPSA) is 99.6 Å². The summed E-state index contributed by atoms with van der Waals surface area (Å²) in [6.45, 7) is 5.97. The highest BCUT2D eigenvalue weighted by Crippen LogP contribution is 2.24. The predicted molar refractivity (Wildman–Crippen MR) is 133 cm³/mol. The van der Waals surface area contributed by atoms with E-state index in [1.165, 1.54) is 16.4 Å². The first-order valence-corrected chi connectivity index (χ1v) is 12.1. The summed E-state index contributed by atoms with van der Waals surface area (Å²) in [5.74, 6) is -0.0398. The van der Waals surface area contributed by atoms with Gasteiger partial charge in [-0.25, -0.2) is 4.68 Å². The van der Waals surface area contributed by atoms with Gasteiger partial charge >= 0.3 is 0 Å². The number of benzene rings is 2. The van der Waals surface area contributed by atoms with Gasteiger partial charge in [-0.2, -0.15) is 4.68 Å². The predicted octanol–water partition coefficient (Wildman–Crippen LogP) is 3.32. The van der Waals surface area contributed by atoms with E-state index in [0.717, 1.165) is 35.3 Å². The zero-order valence-corrected chi connectivity index (χ0v) is 20.5. The molecule has 1 N–H and O–H groups in total. The number of aryl methyl sites for hydroxylation is 2. The van der Waals surface area contributed by atoms with Gasteiger partial charge < -0.3 is 5.32 Å². The molecule has 2 aromatic carbocycles. The Balaban J connectivity index is 1.58. The SMILES string of the molecule is CCc1cccc(CC)c1NC(=O)CSc1nnnn1-c1c(C)n(C)n(-c2ccccc2)c1=O. The number of nitrogens with zero attached hydrogens (tertiary/aromatic N) is 6. The quantitative estimate of drug-likeness (QED) is 0.391. The van der Waals surface area contributed by atoms with Crippen molar-refractivity contribution in [3.8, 4) is 11.4 Å². The molecule has 0 radical (unpaired) electrons. The number of nitrogens with one attached hydrogen (secondary N) is 1. The molecule has 9 nitrogen and oxygen atoms in total. The van der Waals surface area contributed by atoms with Crippen molar-refractivity contribution in [1.82, 2.24) is 29.6 Å². The van der Waals surface area contributed by atoms with E-state index in [2.05, 4.69) is 34.7 Å². The molecule has 0 saturated carbocycles. The molecule has 1 amide bonds. The van der Waals surface area contributed by atoms with Gasteiger partial charge in [0.15, 0.2) is 5.69 Å². The van der Waals surface area contributed by atoms with Crippen molar-refractivity contribution < 1.29 is 4.79 Å². The minimum Gasteiger partial charge on any atom is -0.325 e. The van der Waals surface area contributed by atoms with Crippen LogP contribution in [0, 0.1) is 6.92 Å². The molecule has 4 rings (SSSR count). The van der Waals surface area contributed by atoms with Crippen molar-refractivity contribution in [2.75, 3.05) is 11.1 Å². The Morgan fingerprint density at radius 3 is 2.35 bits per heavy atom. The van der Waals surface area contributed by atoms with Crippen LogP contribution in [0.4, 0.5) is 5.69 Å². The van der Waals surface area contributed by atoms with Crippen molar-refractivity contribution in [2.24, 2.45) is 7.05 Å². The van der Waals surface area contributed by atoms with E-state index in [1.807, 2.05) is 62.5 Å². The molecule has 4 aromatic rings. The maximum atomic E-state index is 13.3. The lowest BCUT2D eigenvalue weighted by Gasteiger charge is -2.14. The number of thioether (sulfide) groups is 1. The first-order valence-electron chi connectivity index (χ1n) is 11.1. The molecule has 176 valence electrons. The van der Waals surface area contributed by atoms with Gasteiger partial charge in [-0.15, -0.1) is 5.10 Å². The number of hydrogen-bond acceptors (Lipinski definition) is 6. The lowest BCUT2D eigenvalue weighted by atomic mass is 10.0. The summed E-state index contributed by atoms with van der Waals surface area (Å²) in [6, 6.07) is 15.4. The van der Waals surface area contributed by atoms with Crippen LogP contribution in [0.5, 0.6) is 0 Å². The summed E-state index contributed by atoms with van der Waals surface area (Å²) in [4.78, 5) is 26.1. The fraction of sp³-hybridized carbons (Fsp3) is 0.292. The third-order valence-corrected chi connectivity index (χ3v) is 6.69. The van der Waals surface area contributed by atoms with Gasteiger partial charge in [-0.1, -0.05) is 62.0 Å². The molecule has 10 heteroatoms. The molecular formula is C24H27N7O2S. The standard InChI is InChI=1S/C24H27N7O2S/c1-5-17-11-10-12-18(6-2)21(17)25-20(32)15-34-24-26-27-28-30(24)22-16(3)29(4)31(23(22)33)19-13-8-7-9-14-19/h7-14H,5-6,15H2,1-4H3,(H,25,32). The second kappa shape index (κ2) is 10.1. The van der Waals surface area contributed by atoms with Gasteiger partial charge in [-0.05, 0) is 53.5 Å². The zero-order chi connectivity index (χ0) is 24.2.